The van der Waals surface area contributed by atoms with Crippen LogP contribution >= 0.6 is 12.2 Å². The number of hydrazine groups is 1. The Kier molecular flexibility index (Phi) is 5.89. The molecule has 0 atom stereocenters. The molecule has 0 spiro atoms. The highest BCUT2D eigenvalue weighted by molar-refractivity contribution is 7.80. The minimum atomic E-state index is 0.557. The molecule has 1 aromatic rings. The number of thiocarbonyl (C=S) groups is 1. The van der Waals surface area contributed by atoms with Crippen molar-refractivity contribution in [2.24, 2.45) is 5.84 Å². The first kappa shape index (κ1) is 13.9. The summed E-state index contributed by atoms with van der Waals surface area (Å²) in [5, 5.41) is 1.39. The third kappa shape index (κ3) is 3.85. The number of nitrogens with two attached hydrogens (primary N) is 2. The van der Waals surface area contributed by atoms with Crippen LogP contribution in [0.3, 0.4) is 0 Å². The van der Waals surface area contributed by atoms with Gasteiger partial charge in [0.1, 0.15) is 4.99 Å². The van der Waals surface area contributed by atoms with E-state index >= 15 is 0 Å². The maximum absolute atomic E-state index is 5.76. The Bertz CT molecular complexity index is 335. The summed E-state index contributed by atoms with van der Waals surface area (Å²) in [4.78, 5) is 0.557. The zero-order chi connectivity index (χ0) is 12.0. The van der Waals surface area contributed by atoms with Crippen LogP contribution in [0, 0.1) is 6.92 Å². The van der Waals surface area contributed by atoms with Crippen LogP contribution in [-0.2, 0) is 0 Å². The summed E-state index contributed by atoms with van der Waals surface area (Å²) in [5.41, 5.74) is 8.36. The smallest absolute Gasteiger partial charge is 0.125 e. The average molecular weight is 225 g/mol. The standard InChI is InChI=1S/C9H13N3S.C2H6/c1-6-3-4-8(10)7(5-6)9(13)12(2)11;1-2/h3-5H,10-11H2,1-2H3;1-2H3. The van der Waals surface area contributed by atoms with Crippen molar-refractivity contribution < 1.29 is 0 Å². The Labute approximate surface area is 97.0 Å². The fraction of sp³-hybridized carbons (Fsp3) is 0.364. The van der Waals surface area contributed by atoms with Crippen LogP contribution < -0.4 is 11.6 Å². The van der Waals surface area contributed by atoms with Crippen molar-refractivity contribution in [3.8, 4) is 0 Å². The third-order valence-corrected chi connectivity index (χ3v) is 2.27. The topological polar surface area (TPSA) is 55.3 Å². The molecule has 0 saturated carbocycles. The predicted octanol–water partition coefficient (Wildman–Crippen LogP) is 2.08. The van der Waals surface area contributed by atoms with Crippen LogP contribution in [0.2, 0.25) is 0 Å². The molecule has 0 saturated heterocycles. The van der Waals surface area contributed by atoms with Crippen LogP contribution in [0.25, 0.3) is 0 Å². The zero-order valence-corrected chi connectivity index (χ0v) is 10.6. The molecule has 0 aliphatic heterocycles. The number of hydrogen-bond acceptors (Lipinski definition) is 3. The molecular weight excluding hydrogens is 206 g/mol. The molecule has 4 N–H and O–H groups in total. The number of rotatable bonds is 1. The lowest BCUT2D eigenvalue weighted by Crippen LogP contribution is -2.32. The van der Waals surface area contributed by atoms with Crippen LogP contribution in [0.5, 0.6) is 0 Å². The fourth-order valence-electron chi connectivity index (χ4n) is 1.05. The highest BCUT2D eigenvalue weighted by Gasteiger charge is 2.07. The van der Waals surface area contributed by atoms with Gasteiger partial charge in [-0.3, -0.25) is 0 Å². The SMILES string of the molecule is CC.Cc1ccc(N)c(C(=S)N(C)N)c1. The molecule has 0 aliphatic carbocycles. The van der Waals surface area contributed by atoms with Gasteiger partial charge in [0.25, 0.3) is 0 Å². The van der Waals surface area contributed by atoms with Crippen molar-refractivity contribution in [2.75, 3.05) is 12.8 Å². The number of nitrogens with zero attached hydrogens (tertiary/aromatic N) is 1. The Morgan fingerprint density at radius 1 is 1.33 bits per heavy atom. The molecule has 3 nitrogen and oxygen atoms in total. The first-order valence-corrected chi connectivity index (χ1v) is 5.32. The summed E-state index contributed by atoms with van der Waals surface area (Å²) >= 11 is 5.11. The maximum atomic E-state index is 5.76. The molecule has 0 aliphatic rings. The minimum Gasteiger partial charge on any atom is -0.398 e. The van der Waals surface area contributed by atoms with E-state index in [0.29, 0.717) is 10.7 Å². The van der Waals surface area contributed by atoms with Crippen molar-refractivity contribution in [1.82, 2.24) is 5.01 Å². The minimum absolute atomic E-state index is 0.557. The van der Waals surface area contributed by atoms with Crippen LogP contribution in [-0.4, -0.2) is 17.0 Å². The van der Waals surface area contributed by atoms with Gasteiger partial charge in [0, 0.05) is 18.3 Å². The van der Waals surface area contributed by atoms with Crippen LogP contribution in [0.1, 0.15) is 25.0 Å². The summed E-state index contributed by atoms with van der Waals surface area (Å²) in [5.74, 6) is 5.52. The van der Waals surface area contributed by atoms with Gasteiger partial charge in [-0.15, -0.1) is 0 Å². The molecule has 0 fully saturated rings. The van der Waals surface area contributed by atoms with Crippen LogP contribution in [0.4, 0.5) is 5.69 Å². The number of anilines is 1. The van der Waals surface area contributed by atoms with Gasteiger partial charge in [0.2, 0.25) is 0 Å². The summed E-state index contributed by atoms with van der Waals surface area (Å²) in [7, 11) is 1.70. The van der Waals surface area contributed by atoms with Gasteiger partial charge in [0.15, 0.2) is 0 Å². The third-order valence-electron chi connectivity index (χ3n) is 1.76. The average Bonchev–Trinajstić information content (AvgIpc) is 2.23. The summed E-state index contributed by atoms with van der Waals surface area (Å²) in [6.07, 6.45) is 0. The number of hydrogen-bond donors (Lipinski definition) is 2. The first-order valence-electron chi connectivity index (χ1n) is 4.91. The van der Waals surface area contributed by atoms with Gasteiger partial charge < -0.3 is 10.7 Å². The normalized spacial score (nSPS) is 8.87. The molecule has 0 amide bonds. The van der Waals surface area contributed by atoms with Gasteiger partial charge in [-0.2, -0.15) is 0 Å². The summed E-state index contributed by atoms with van der Waals surface area (Å²) in [6.45, 7) is 5.99. The van der Waals surface area contributed by atoms with Gasteiger partial charge in [-0.1, -0.05) is 37.7 Å². The van der Waals surface area contributed by atoms with Gasteiger partial charge in [0.05, 0.1) is 0 Å². The molecule has 15 heavy (non-hydrogen) atoms. The molecule has 0 bridgehead atoms. The van der Waals surface area contributed by atoms with E-state index in [1.807, 2.05) is 39.0 Å². The molecule has 84 valence electrons. The lowest BCUT2D eigenvalue weighted by Gasteiger charge is -2.15. The van der Waals surface area contributed by atoms with Crippen molar-refractivity contribution in [2.45, 2.75) is 20.8 Å². The highest BCUT2D eigenvalue weighted by atomic mass is 32.1. The van der Waals surface area contributed by atoms with E-state index in [1.165, 1.54) is 5.01 Å². The van der Waals surface area contributed by atoms with Crippen molar-refractivity contribution in [1.29, 1.82) is 0 Å². The lowest BCUT2D eigenvalue weighted by atomic mass is 10.1. The second-order valence-corrected chi connectivity index (χ2v) is 3.39. The molecule has 1 rings (SSSR count). The Morgan fingerprint density at radius 2 is 1.87 bits per heavy atom. The Hall–Kier alpha value is -1.13. The van der Waals surface area contributed by atoms with E-state index in [4.69, 9.17) is 23.8 Å². The predicted molar refractivity (Wildman–Crippen MR) is 70.6 cm³/mol. The van der Waals surface area contributed by atoms with Crippen LogP contribution in [0.15, 0.2) is 18.2 Å². The monoisotopic (exact) mass is 225 g/mol. The van der Waals surface area contributed by atoms with E-state index in [-0.39, 0.29) is 0 Å². The second kappa shape index (κ2) is 6.37. The first-order chi connectivity index (χ1) is 7.02. The van der Waals surface area contributed by atoms with Gasteiger partial charge in [-0.25, -0.2) is 5.84 Å². The number of aryl methyl sites for hydroxylation is 1. The molecule has 0 radical (unpaired) electrons. The molecule has 0 unspecified atom stereocenters. The van der Waals surface area contributed by atoms with Gasteiger partial charge >= 0.3 is 0 Å². The van der Waals surface area contributed by atoms with Crippen molar-refractivity contribution >= 4 is 22.9 Å². The summed E-state index contributed by atoms with van der Waals surface area (Å²) in [6, 6.07) is 5.71. The van der Waals surface area contributed by atoms with E-state index in [2.05, 4.69) is 0 Å². The number of benzene rings is 1. The van der Waals surface area contributed by atoms with E-state index in [9.17, 15) is 0 Å². The summed E-state index contributed by atoms with van der Waals surface area (Å²) < 4.78 is 0. The van der Waals surface area contributed by atoms with Gasteiger partial charge in [-0.05, 0) is 19.1 Å². The number of nitrogen functional groups attached to an aromatic ring is 1. The van der Waals surface area contributed by atoms with E-state index < -0.39 is 0 Å². The Balaban J connectivity index is 0.000000921. The van der Waals surface area contributed by atoms with E-state index in [0.717, 1.165) is 11.1 Å². The molecule has 0 heterocycles. The Morgan fingerprint density at radius 3 is 2.33 bits per heavy atom. The fourth-order valence-corrected chi connectivity index (χ4v) is 1.22. The highest BCUT2D eigenvalue weighted by Crippen LogP contribution is 2.15. The molecule has 0 aromatic heterocycles. The van der Waals surface area contributed by atoms with Crippen molar-refractivity contribution in [3.05, 3.63) is 29.3 Å². The molecule has 4 heteroatoms. The quantitative estimate of drug-likeness (QED) is 0.332. The molecule has 1 aromatic carbocycles. The zero-order valence-electron chi connectivity index (χ0n) is 9.74. The second-order valence-electron chi connectivity index (χ2n) is 3.01. The van der Waals surface area contributed by atoms with Crippen molar-refractivity contribution in [3.63, 3.8) is 0 Å². The largest absolute Gasteiger partial charge is 0.398 e. The van der Waals surface area contributed by atoms with E-state index in [1.54, 1.807) is 7.05 Å². The molecular formula is C11H19N3S. The lowest BCUT2D eigenvalue weighted by molar-refractivity contribution is 0.550. The maximum Gasteiger partial charge on any atom is 0.125 e.